The minimum absolute atomic E-state index is 0.421. The van der Waals surface area contributed by atoms with E-state index in [-0.39, 0.29) is 0 Å². The van der Waals surface area contributed by atoms with Gasteiger partial charge in [-0.15, -0.1) is 0 Å². The van der Waals surface area contributed by atoms with Gasteiger partial charge in [-0.3, -0.25) is 10.4 Å². The molecule has 0 bridgehead atoms. The highest BCUT2D eigenvalue weighted by molar-refractivity contribution is 7.80. The van der Waals surface area contributed by atoms with Gasteiger partial charge in [0, 0.05) is 5.69 Å². The van der Waals surface area contributed by atoms with Crippen LogP contribution in [0.5, 0.6) is 0 Å². The van der Waals surface area contributed by atoms with Crippen LogP contribution < -0.4 is 10.7 Å². The quantitative estimate of drug-likeness (QED) is 0.440. The first kappa shape index (κ1) is 15.1. The Hall–Kier alpha value is -2.86. The zero-order valence-electron chi connectivity index (χ0n) is 12.5. The standard InChI is InChI=1S/C17H15N5S/c1-12(16-11-18-14-9-5-6-10-15(14)20-16)21-22-17(23)19-13-7-3-2-4-8-13/h2-11H,1H3,(H2,19,22,23)/b21-12+. The highest BCUT2D eigenvalue weighted by Crippen LogP contribution is 2.09. The number of nitrogens with one attached hydrogen (secondary N) is 2. The molecule has 3 rings (SSSR count). The Labute approximate surface area is 139 Å². The predicted octanol–water partition coefficient (Wildman–Crippen LogP) is 3.34. The fraction of sp³-hybridized carbons (Fsp3) is 0.0588. The fourth-order valence-electron chi connectivity index (χ4n) is 2.00. The molecule has 5 nitrogen and oxygen atoms in total. The summed E-state index contributed by atoms with van der Waals surface area (Å²) < 4.78 is 0. The van der Waals surface area contributed by atoms with Crippen LogP contribution in [0.4, 0.5) is 5.69 Å². The smallest absolute Gasteiger partial charge is 0.191 e. The summed E-state index contributed by atoms with van der Waals surface area (Å²) in [5, 5.41) is 7.73. The van der Waals surface area contributed by atoms with Crippen molar-refractivity contribution >= 4 is 39.8 Å². The summed E-state index contributed by atoms with van der Waals surface area (Å²) in [5.74, 6) is 0. The summed E-state index contributed by atoms with van der Waals surface area (Å²) in [6.07, 6.45) is 1.70. The molecular formula is C17H15N5S. The van der Waals surface area contributed by atoms with E-state index in [1.807, 2.05) is 61.5 Å². The number of nitrogens with zero attached hydrogens (tertiary/aromatic N) is 3. The van der Waals surface area contributed by atoms with Crippen molar-refractivity contribution in [3.05, 3.63) is 66.5 Å². The molecule has 0 fully saturated rings. The van der Waals surface area contributed by atoms with Crippen LogP contribution in [0.25, 0.3) is 11.0 Å². The summed E-state index contributed by atoms with van der Waals surface area (Å²) in [4.78, 5) is 8.92. The van der Waals surface area contributed by atoms with E-state index in [0.29, 0.717) is 16.5 Å². The molecule has 2 N–H and O–H groups in total. The minimum Gasteiger partial charge on any atom is -0.331 e. The van der Waals surface area contributed by atoms with E-state index < -0.39 is 0 Å². The fourth-order valence-corrected chi connectivity index (χ4v) is 2.17. The van der Waals surface area contributed by atoms with Crippen LogP contribution in [0.2, 0.25) is 0 Å². The second-order valence-electron chi connectivity index (χ2n) is 4.87. The molecule has 1 heterocycles. The van der Waals surface area contributed by atoms with Crippen LogP contribution in [-0.4, -0.2) is 20.8 Å². The Morgan fingerprint density at radius 2 is 1.70 bits per heavy atom. The van der Waals surface area contributed by atoms with Gasteiger partial charge in [0.2, 0.25) is 0 Å². The molecule has 0 amide bonds. The topological polar surface area (TPSA) is 62.2 Å². The maximum atomic E-state index is 5.22. The lowest BCUT2D eigenvalue weighted by atomic mass is 10.2. The Bertz CT molecular complexity index is 861. The van der Waals surface area contributed by atoms with Gasteiger partial charge in [-0.25, -0.2) is 4.98 Å². The van der Waals surface area contributed by atoms with Crippen LogP contribution in [0, 0.1) is 0 Å². The number of benzene rings is 2. The molecule has 23 heavy (non-hydrogen) atoms. The lowest BCUT2D eigenvalue weighted by molar-refractivity contribution is 1.03. The van der Waals surface area contributed by atoms with E-state index in [1.165, 1.54) is 0 Å². The first-order valence-electron chi connectivity index (χ1n) is 7.11. The number of aromatic nitrogens is 2. The number of hydrazone groups is 1. The highest BCUT2D eigenvalue weighted by Gasteiger charge is 2.03. The van der Waals surface area contributed by atoms with Gasteiger partial charge in [-0.2, -0.15) is 5.10 Å². The number of hydrogen-bond donors (Lipinski definition) is 2. The van der Waals surface area contributed by atoms with Gasteiger partial charge in [-0.1, -0.05) is 30.3 Å². The lowest BCUT2D eigenvalue weighted by Crippen LogP contribution is -2.25. The van der Waals surface area contributed by atoms with Crippen LogP contribution in [0.1, 0.15) is 12.6 Å². The van der Waals surface area contributed by atoms with E-state index in [2.05, 4.69) is 25.8 Å². The third-order valence-electron chi connectivity index (χ3n) is 3.18. The zero-order chi connectivity index (χ0) is 16.1. The Morgan fingerprint density at radius 1 is 1.00 bits per heavy atom. The lowest BCUT2D eigenvalue weighted by Gasteiger charge is -2.07. The second-order valence-corrected chi connectivity index (χ2v) is 5.28. The largest absolute Gasteiger partial charge is 0.331 e. The van der Waals surface area contributed by atoms with E-state index in [4.69, 9.17) is 12.2 Å². The van der Waals surface area contributed by atoms with Crippen LogP contribution in [-0.2, 0) is 0 Å². The number of para-hydroxylation sites is 3. The minimum atomic E-state index is 0.421. The third kappa shape index (κ3) is 3.87. The monoisotopic (exact) mass is 321 g/mol. The summed E-state index contributed by atoms with van der Waals surface area (Å²) in [7, 11) is 0. The Morgan fingerprint density at radius 3 is 2.48 bits per heavy atom. The number of thiocarbonyl (C=S) groups is 1. The van der Waals surface area contributed by atoms with Crippen molar-refractivity contribution in [3.63, 3.8) is 0 Å². The average Bonchev–Trinajstić information content (AvgIpc) is 2.60. The molecular weight excluding hydrogens is 306 g/mol. The molecule has 0 radical (unpaired) electrons. The van der Waals surface area contributed by atoms with Crippen molar-refractivity contribution in [1.29, 1.82) is 0 Å². The van der Waals surface area contributed by atoms with Crippen LogP contribution in [0.3, 0.4) is 0 Å². The van der Waals surface area contributed by atoms with Gasteiger partial charge in [0.25, 0.3) is 0 Å². The predicted molar refractivity (Wildman–Crippen MR) is 97.5 cm³/mol. The SMILES string of the molecule is C/C(=N\NC(=S)Nc1ccccc1)c1cnc2ccccc2n1. The Kier molecular flexibility index (Phi) is 4.54. The summed E-state index contributed by atoms with van der Waals surface area (Å²) in [6, 6.07) is 17.4. The molecule has 0 aliphatic rings. The molecule has 0 spiro atoms. The molecule has 3 aromatic rings. The van der Waals surface area contributed by atoms with Crippen molar-refractivity contribution in [2.45, 2.75) is 6.92 Å². The number of anilines is 1. The highest BCUT2D eigenvalue weighted by atomic mass is 32.1. The first-order chi connectivity index (χ1) is 11.2. The van der Waals surface area contributed by atoms with E-state index in [1.54, 1.807) is 6.20 Å². The Balaban J connectivity index is 1.69. The molecule has 0 aliphatic heterocycles. The number of hydrogen-bond acceptors (Lipinski definition) is 4. The van der Waals surface area contributed by atoms with Gasteiger partial charge in [0.15, 0.2) is 5.11 Å². The molecule has 0 atom stereocenters. The molecule has 0 unspecified atom stereocenters. The normalized spacial score (nSPS) is 11.3. The number of rotatable bonds is 3. The molecule has 114 valence electrons. The first-order valence-corrected chi connectivity index (χ1v) is 7.52. The van der Waals surface area contributed by atoms with Crippen molar-refractivity contribution in [2.75, 3.05) is 5.32 Å². The third-order valence-corrected chi connectivity index (χ3v) is 3.37. The van der Waals surface area contributed by atoms with Crippen LogP contribution in [0.15, 0.2) is 65.9 Å². The maximum absolute atomic E-state index is 5.22. The van der Waals surface area contributed by atoms with Crippen molar-refractivity contribution in [3.8, 4) is 0 Å². The van der Waals surface area contributed by atoms with Gasteiger partial charge in [0.1, 0.15) is 5.69 Å². The van der Waals surface area contributed by atoms with E-state index in [9.17, 15) is 0 Å². The summed E-state index contributed by atoms with van der Waals surface area (Å²) >= 11 is 5.22. The van der Waals surface area contributed by atoms with Crippen molar-refractivity contribution in [2.24, 2.45) is 5.10 Å². The average molecular weight is 321 g/mol. The molecule has 0 saturated carbocycles. The van der Waals surface area contributed by atoms with Crippen molar-refractivity contribution in [1.82, 2.24) is 15.4 Å². The number of fused-ring (bicyclic) bond motifs is 1. The van der Waals surface area contributed by atoms with Gasteiger partial charge >= 0.3 is 0 Å². The van der Waals surface area contributed by atoms with Crippen molar-refractivity contribution < 1.29 is 0 Å². The van der Waals surface area contributed by atoms with Crippen LogP contribution >= 0.6 is 12.2 Å². The molecule has 0 saturated heterocycles. The second kappa shape index (κ2) is 6.93. The zero-order valence-corrected chi connectivity index (χ0v) is 13.3. The van der Waals surface area contributed by atoms with Gasteiger partial charge in [-0.05, 0) is 43.4 Å². The van der Waals surface area contributed by atoms with E-state index >= 15 is 0 Å². The van der Waals surface area contributed by atoms with Gasteiger partial charge in [0.05, 0.1) is 22.9 Å². The van der Waals surface area contributed by atoms with E-state index in [0.717, 1.165) is 16.7 Å². The van der Waals surface area contributed by atoms with Gasteiger partial charge < -0.3 is 5.32 Å². The maximum Gasteiger partial charge on any atom is 0.191 e. The molecule has 0 aliphatic carbocycles. The summed E-state index contributed by atoms with van der Waals surface area (Å²) in [6.45, 7) is 1.86. The molecule has 6 heteroatoms. The molecule has 2 aromatic carbocycles. The summed E-state index contributed by atoms with van der Waals surface area (Å²) in [5.41, 5.74) is 6.84. The molecule has 1 aromatic heterocycles.